The molecule has 8 nitrogen and oxygen atoms in total. The van der Waals surface area contributed by atoms with Crippen LogP contribution in [0.2, 0.25) is 0 Å². The molecule has 0 saturated carbocycles. The Hall–Kier alpha value is -1.97. The highest BCUT2D eigenvalue weighted by Gasteiger charge is 2.27. The standard InChI is InChI=1S/C18H25N3O5S/c1-2-19-27(24,25)15-3-4-16-14(13-15)7-8-21(16)18(23)6-5-17(22)20-9-11-26-12-10-20/h3-4,13,19H,2,5-12H2,1H3. The molecule has 1 N–H and O–H groups in total. The smallest absolute Gasteiger partial charge is 0.240 e. The number of anilines is 1. The van der Waals surface area contributed by atoms with Crippen molar-refractivity contribution in [1.29, 1.82) is 0 Å². The van der Waals surface area contributed by atoms with Crippen molar-refractivity contribution in [3.63, 3.8) is 0 Å². The van der Waals surface area contributed by atoms with Crippen LogP contribution in [0.3, 0.4) is 0 Å². The maximum absolute atomic E-state index is 12.6. The summed E-state index contributed by atoms with van der Waals surface area (Å²) >= 11 is 0. The molecule has 0 aromatic heterocycles. The summed E-state index contributed by atoms with van der Waals surface area (Å²) < 4.78 is 32.0. The van der Waals surface area contributed by atoms with Gasteiger partial charge in [-0.25, -0.2) is 13.1 Å². The first-order valence-electron chi connectivity index (χ1n) is 9.21. The normalized spacial score (nSPS) is 17.1. The predicted molar refractivity (Wildman–Crippen MR) is 100.0 cm³/mol. The Balaban J connectivity index is 1.63. The van der Waals surface area contributed by atoms with Crippen molar-refractivity contribution in [2.24, 2.45) is 0 Å². The first kappa shape index (κ1) is 19.8. The summed E-state index contributed by atoms with van der Waals surface area (Å²) in [5.74, 6) is -0.143. The van der Waals surface area contributed by atoms with Gasteiger partial charge in [0.25, 0.3) is 0 Å². The molecule has 1 aromatic carbocycles. The van der Waals surface area contributed by atoms with E-state index >= 15 is 0 Å². The third-order valence-corrected chi connectivity index (χ3v) is 6.35. The van der Waals surface area contributed by atoms with E-state index in [0.717, 1.165) is 11.3 Å². The average molecular weight is 395 g/mol. The number of hydrogen-bond donors (Lipinski definition) is 1. The molecule has 9 heteroatoms. The molecule has 0 spiro atoms. The van der Waals surface area contributed by atoms with Crippen molar-refractivity contribution in [3.8, 4) is 0 Å². The van der Waals surface area contributed by atoms with Gasteiger partial charge in [0.15, 0.2) is 0 Å². The number of nitrogens with zero attached hydrogens (tertiary/aromatic N) is 2. The molecule has 1 aromatic rings. The van der Waals surface area contributed by atoms with Crippen LogP contribution < -0.4 is 9.62 Å². The third kappa shape index (κ3) is 4.48. The largest absolute Gasteiger partial charge is 0.378 e. The van der Waals surface area contributed by atoms with Crippen molar-refractivity contribution < 1.29 is 22.7 Å². The van der Waals surface area contributed by atoms with Gasteiger partial charge in [-0.3, -0.25) is 9.59 Å². The highest BCUT2D eigenvalue weighted by molar-refractivity contribution is 7.89. The van der Waals surface area contributed by atoms with Crippen LogP contribution in [0.25, 0.3) is 0 Å². The molecule has 0 unspecified atom stereocenters. The summed E-state index contributed by atoms with van der Waals surface area (Å²) in [5.41, 5.74) is 1.57. The van der Waals surface area contributed by atoms with Gasteiger partial charge in [-0.05, 0) is 30.2 Å². The van der Waals surface area contributed by atoms with Gasteiger partial charge < -0.3 is 14.5 Å². The number of nitrogens with one attached hydrogen (secondary N) is 1. The van der Waals surface area contributed by atoms with Gasteiger partial charge in [0.1, 0.15) is 0 Å². The van der Waals surface area contributed by atoms with Crippen LogP contribution in [0, 0.1) is 0 Å². The molecule has 0 radical (unpaired) electrons. The van der Waals surface area contributed by atoms with Gasteiger partial charge in [0.2, 0.25) is 21.8 Å². The number of rotatable bonds is 6. The van der Waals surface area contributed by atoms with E-state index in [1.807, 2.05) is 0 Å². The van der Waals surface area contributed by atoms with E-state index in [4.69, 9.17) is 4.74 Å². The molecule has 148 valence electrons. The summed E-state index contributed by atoms with van der Waals surface area (Å²) in [4.78, 5) is 28.4. The van der Waals surface area contributed by atoms with Gasteiger partial charge in [-0.2, -0.15) is 0 Å². The third-order valence-electron chi connectivity index (χ3n) is 4.81. The molecule has 0 bridgehead atoms. The Morgan fingerprint density at radius 1 is 1.11 bits per heavy atom. The number of benzene rings is 1. The van der Waals surface area contributed by atoms with Gasteiger partial charge in [-0.1, -0.05) is 6.92 Å². The number of sulfonamides is 1. The van der Waals surface area contributed by atoms with Crippen molar-refractivity contribution in [2.75, 3.05) is 44.3 Å². The Morgan fingerprint density at radius 2 is 1.81 bits per heavy atom. The van der Waals surface area contributed by atoms with Crippen molar-refractivity contribution >= 4 is 27.5 Å². The second-order valence-electron chi connectivity index (χ2n) is 6.58. The Labute approximate surface area is 159 Å². The van der Waals surface area contributed by atoms with Crippen LogP contribution in [0.4, 0.5) is 5.69 Å². The number of fused-ring (bicyclic) bond motifs is 1. The summed E-state index contributed by atoms with van der Waals surface area (Å²) in [5, 5.41) is 0. The summed E-state index contributed by atoms with van der Waals surface area (Å²) in [6.45, 7) is 4.77. The Morgan fingerprint density at radius 3 is 2.52 bits per heavy atom. The van der Waals surface area contributed by atoms with Gasteiger partial charge in [0, 0.05) is 44.7 Å². The fraction of sp³-hybridized carbons (Fsp3) is 0.556. The average Bonchev–Trinajstić information content (AvgIpc) is 3.10. The minimum atomic E-state index is -3.52. The quantitative estimate of drug-likeness (QED) is 0.757. The molecule has 0 aliphatic carbocycles. The van der Waals surface area contributed by atoms with E-state index in [9.17, 15) is 18.0 Å². The second kappa shape index (κ2) is 8.37. The van der Waals surface area contributed by atoms with Crippen molar-refractivity contribution in [3.05, 3.63) is 23.8 Å². The number of amides is 2. The number of morpholine rings is 1. The van der Waals surface area contributed by atoms with Crippen LogP contribution >= 0.6 is 0 Å². The molecule has 1 saturated heterocycles. The zero-order valence-electron chi connectivity index (χ0n) is 15.4. The van der Waals surface area contributed by atoms with Gasteiger partial charge >= 0.3 is 0 Å². The molecule has 2 aliphatic rings. The van der Waals surface area contributed by atoms with Crippen molar-refractivity contribution in [2.45, 2.75) is 31.1 Å². The highest BCUT2D eigenvalue weighted by Crippen LogP contribution is 2.30. The summed E-state index contributed by atoms with van der Waals surface area (Å²) in [6, 6.07) is 4.81. The zero-order valence-corrected chi connectivity index (χ0v) is 16.3. The fourth-order valence-electron chi connectivity index (χ4n) is 3.40. The molecule has 0 atom stereocenters. The Kier molecular flexibility index (Phi) is 6.13. The predicted octanol–water partition coefficient (Wildman–Crippen LogP) is 0.513. The van der Waals surface area contributed by atoms with Crippen LogP contribution in [-0.4, -0.2) is 64.5 Å². The molecule has 3 rings (SSSR count). The minimum absolute atomic E-state index is 0.0295. The van der Waals surface area contributed by atoms with Crippen LogP contribution in [0.5, 0.6) is 0 Å². The van der Waals surface area contributed by atoms with E-state index < -0.39 is 10.0 Å². The molecular weight excluding hydrogens is 370 g/mol. The minimum Gasteiger partial charge on any atom is -0.378 e. The maximum atomic E-state index is 12.6. The second-order valence-corrected chi connectivity index (χ2v) is 8.35. The van der Waals surface area contributed by atoms with Gasteiger partial charge in [-0.15, -0.1) is 0 Å². The lowest BCUT2D eigenvalue weighted by Crippen LogP contribution is -2.41. The molecule has 1 fully saturated rings. The van der Waals surface area contributed by atoms with E-state index in [-0.39, 0.29) is 29.6 Å². The van der Waals surface area contributed by atoms with Crippen LogP contribution in [0.1, 0.15) is 25.3 Å². The molecule has 27 heavy (non-hydrogen) atoms. The van der Waals surface area contributed by atoms with Crippen LogP contribution in [0.15, 0.2) is 23.1 Å². The lowest BCUT2D eigenvalue weighted by Gasteiger charge is -2.27. The maximum Gasteiger partial charge on any atom is 0.240 e. The highest BCUT2D eigenvalue weighted by atomic mass is 32.2. The van der Waals surface area contributed by atoms with E-state index in [2.05, 4.69) is 4.72 Å². The van der Waals surface area contributed by atoms with E-state index in [1.54, 1.807) is 28.9 Å². The Bertz CT molecular complexity index is 818. The SMILES string of the molecule is CCNS(=O)(=O)c1ccc2c(c1)CCN2C(=O)CCC(=O)N1CCOCC1. The molecule has 2 aliphatic heterocycles. The molecular formula is C18H25N3O5S. The number of hydrogen-bond acceptors (Lipinski definition) is 5. The molecule has 2 amide bonds. The van der Waals surface area contributed by atoms with Crippen LogP contribution in [-0.2, 0) is 30.8 Å². The van der Waals surface area contributed by atoms with Gasteiger partial charge in [0.05, 0.1) is 18.1 Å². The zero-order chi connectivity index (χ0) is 19.4. The summed E-state index contributed by atoms with van der Waals surface area (Å²) in [7, 11) is -3.52. The van der Waals surface area contributed by atoms with Crippen molar-refractivity contribution in [1.82, 2.24) is 9.62 Å². The lowest BCUT2D eigenvalue weighted by atomic mass is 10.2. The monoisotopic (exact) mass is 395 g/mol. The van der Waals surface area contributed by atoms with E-state index in [0.29, 0.717) is 45.8 Å². The van der Waals surface area contributed by atoms with E-state index in [1.165, 1.54) is 6.07 Å². The number of carbonyl (C=O) groups excluding carboxylic acids is 2. The first-order valence-corrected chi connectivity index (χ1v) is 10.7. The number of ether oxygens (including phenoxy) is 1. The fourth-order valence-corrected chi connectivity index (χ4v) is 4.49. The summed E-state index contributed by atoms with van der Waals surface area (Å²) in [6.07, 6.45) is 0.929. The topological polar surface area (TPSA) is 96.0 Å². The lowest BCUT2D eigenvalue weighted by molar-refractivity contribution is -0.136. The molecule has 2 heterocycles. The number of carbonyl (C=O) groups is 2. The first-order chi connectivity index (χ1) is 12.9.